The smallest absolute Gasteiger partial charge is 0.251 e. The number of aryl methyl sites for hydroxylation is 2. The van der Waals surface area contributed by atoms with Gasteiger partial charge in [-0.15, -0.1) is 0 Å². The highest BCUT2D eigenvalue weighted by atomic mass is 79.9. The molecule has 8 heteroatoms. The Hall–Kier alpha value is -2.71. The lowest BCUT2D eigenvalue weighted by Gasteiger charge is -2.14. The van der Waals surface area contributed by atoms with Gasteiger partial charge in [-0.2, -0.15) is 0 Å². The molecule has 0 aliphatic carbocycles. The van der Waals surface area contributed by atoms with Crippen molar-refractivity contribution in [1.29, 1.82) is 0 Å². The Labute approximate surface area is 188 Å². The van der Waals surface area contributed by atoms with Crippen LogP contribution in [-0.2, 0) is 4.79 Å². The Kier molecular flexibility index (Phi) is 7.23. The van der Waals surface area contributed by atoms with Gasteiger partial charge in [-0.1, -0.05) is 15.9 Å². The van der Waals surface area contributed by atoms with Crippen molar-refractivity contribution in [3.05, 3.63) is 76.0 Å². The Morgan fingerprint density at radius 2 is 1.57 bits per heavy atom. The highest BCUT2D eigenvalue weighted by Gasteiger charge is 2.17. The normalized spacial score (nSPS) is 11.6. The molecule has 0 radical (unpaired) electrons. The van der Waals surface area contributed by atoms with E-state index in [1.807, 2.05) is 44.2 Å². The molecule has 0 saturated heterocycles. The first kappa shape index (κ1) is 22.0. The van der Waals surface area contributed by atoms with Crippen LogP contribution in [-0.4, -0.2) is 27.8 Å². The van der Waals surface area contributed by atoms with Gasteiger partial charge < -0.3 is 10.6 Å². The average molecular weight is 485 g/mol. The van der Waals surface area contributed by atoms with Crippen molar-refractivity contribution in [2.75, 3.05) is 5.32 Å². The molecule has 30 heavy (non-hydrogen) atoms. The minimum absolute atomic E-state index is 0.293. The van der Waals surface area contributed by atoms with Crippen LogP contribution in [0.3, 0.4) is 0 Å². The molecule has 6 nitrogen and oxygen atoms in total. The Bertz CT molecular complexity index is 1040. The van der Waals surface area contributed by atoms with Crippen molar-refractivity contribution in [3.63, 3.8) is 0 Å². The summed E-state index contributed by atoms with van der Waals surface area (Å²) in [5.41, 5.74) is 2.99. The van der Waals surface area contributed by atoms with Crippen LogP contribution in [0.2, 0.25) is 0 Å². The number of benzene rings is 2. The van der Waals surface area contributed by atoms with E-state index in [4.69, 9.17) is 0 Å². The SMILES string of the molecule is Cc1cc(C)nc(Sc2ccc(NC(=O)C(C)NC(=O)c3ccc(Br)cc3)cc2)n1. The van der Waals surface area contributed by atoms with Crippen LogP contribution in [0.15, 0.2) is 69.1 Å². The number of hydrogen-bond donors (Lipinski definition) is 2. The number of halogens is 1. The molecule has 0 saturated carbocycles. The van der Waals surface area contributed by atoms with E-state index in [-0.39, 0.29) is 11.8 Å². The molecule has 0 spiro atoms. The highest BCUT2D eigenvalue weighted by Crippen LogP contribution is 2.26. The molecule has 1 heterocycles. The van der Waals surface area contributed by atoms with Crippen molar-refractivity contribution in [2.45, 2.75) is 36.9 Å². The maximum absolute atomic E-state index is 12.4. The Morgan fingerprint density at radius 3 is 2.17 bits per heavy atom. The summed E-state index contributed by atoms with van der Waals surface area (Å²) in [6, 6.07) is 15.6. The van der Waals surface area contributed by atoms with E-state index in [0.717, 1.165) is 20.8 Å². The van der Waals surface area contributed by atoms with Gasteiger partial charge in [-0.3, -0.25) is 9.59 Å². The van der Waals surface area contributed by atoms with Gasteiger partial charge in [-0.05, 0) is 87.1 Å². The Balaban J connectivity index is 1.56. The molecule has 0 aliphatic rings. The van der Waals surface area contributed by atoms with Gasteiger partial charge in [0.25, 0.3) is 5.91 Å². The van der Waals surface area contributed by atoms with Gasteiger partial charge in [0, 0.05) is 32.0 Å². The van der Waals surface area contributed by atoms with E-state index >= 15 is 0 Å². The van der Waals surface area contributed by atoms with Gasteiger partial charge in [-0.25, -0.2) is 9.97 Å². The summed E-state index contributed by atoms with van der Waals surface area (Å²) >= 11 is 4.79. The summed E-state index contributed by atoms with van der Waals surface area (Å²) in [4.78, 5) is 34.5. The number of amides is 2. The summed E-state index contributed by atoms with van der Waals surface area (Å²) < 4.78 is 0.885. The monoisotopic (exact) mass is 484 g/mol. The number of carbonyl (C=O) groups is 2. The van der Waals surface area contributed by atoms with Crippen molar-refractivity contribution < 1.29 is 9.59 Å². The molecule has 1 unspecified atom stereocenters. The summed E-state index contributed by atoms with van der Waals surface area (Å²) in [7, 11) is 0. The first-order chi connectivity index (χ1) is 14.3. The molecule has 0 aliphatic heterocycles. The molecule has 2 N–H and O–H groups in total. The molecule has 1 aromatic heterocycles. The van der Waals surface area contributed by atoms with Crippen LogP contribution in [0.1, 0.15) is 28.7 Å². The molecule has 0 bridgehead atoms. The lowest BCUT2D eigenvalue weighted by atomic mass is 10.2. The quantitative estimate of drug-likeness (QED) is 0.492. The Morgan fingerprint density at radius 1 is 0.967 bits per heavy atom. The van der Waals surface area contributed by atoms with E-state index in [0.29, 0.717) is 16.4 Å². The fraction of sp³-hybridized carbons (Fsp3) is 0.182. The predicted octanol–water partition coefficient (Wildman–Crippen LogP) is 4.76. The minimum atomic E-state index is -0.682. The number of carbonyl (C=O) groups excluding carboxylic acids is 2. The summed E-state index contributed by atoms with van der Waals surface area (Å²) in [5, 5.41) is 6.21. The standard InChI is InChI=1S/C22H21BrN4O2S/c1-13-12-14(2)25-22(24-13)30-19-10-8-18(9-11-19)27-20(28)15(3)26-21(29)16-4-6-17(23)7-5-16/h4-12,15H,1-3H3,(H,26,29)(H,27,28). The van der Waals surface area contributed by atoms with Crippen LogP contribution >= 0.6 is 27.7 Å². The second-order valence-electron chi connectivity index (χ2n) is 6.75. The van der Waals surface area contributed by atoms with Crippen molar-refractivity contribution in [1.82, 2.24) is 15.3 Å². The van der Waals surface area contributed by atoms with Gasteiger partial charge in [0.2, 0.25) is 5.91 Å². The van der Waals surface area contributed by atoms with E-state index in [9.17, 15) is 9.59 Å². The van der Waals surface area contributed by atoms with Crippen LogP contribution in [0.4, 0.5) is 5.69 Å². The first-order valence-electron chi connectivity index (χ1n) is 9.27. The number of nitrogens with one attached hydrogen (secondary N) is 2. The molecular weight excluding hydrogens is 464 g/mol. The average Bonchev–Trinajstić information content (AvgIpc) is 2.69. The zero-order valence-corrected chi connectivity index (χ0v) is 19.2. The summed E-state index contributed by atoms with van der Waals surface area (Å²) in [6.45, 7) is 5.52. The van der Waals surface area contributed by atoms with Crippen LogP contribution in [0.5, 0.6) is 0 Å². The second-order valence-corrected chi connectivity index (χ2v) is 8.71. The molecule has 2 amide bonds. The number of anilines is 1. The van der Waals surface area contributed by atoms with Crippen LogP contribution < -0.4 is 10.6 Å². The lowest BCUT2D eigenvalue weighted by molar-refractivity contribution is -0.117. The molecule has 154 valence electrons. The fourth-order valence-electron chi connectivity index (χ4n) is 2.65. The van der Waals surface area contributed by atoms with Gasteiger partial charge in [0.1, 0.15) is 6.04 Å². The summed E-state index contributed by atoms with van der Waals surface area (Å²) in [6.07, 6.45) is 0. The number of hydrogen-bond acceptors (Lipinski definition) is 5. The summed E-state index contributed by atoms with van der Waals surface area (Å²) in [5.74, 6) is -0.594. The fourth-order valence-corrected chi connectivity index (χ4v) is 3.77. The maximum Gasteiger partial charge on any atom is 0.251 e. The third-order valence-electron chi connectivity index (χ3n) is 4.14. The van der Waals surface area contributed by atoms with Crippen molar-refractivity contribution >= 4 is 45.2 Å². The van der Waals surface area contributed by atoms with Gasteiger partial charge >= 0.3 is 0 Å². The molecule has 0 fully saturated rings. The minimum Gasteiger partial charge on any atom is -0.341 e. The zero-order valence-electron chi connectivity index (χ0n) is 16.8. The van der Waals surface area contributed by atoms with E-state index in [2.05, 4.69) is 36.5 Å². The van der Waals surface area contributed by atoms with Crippen LogP contribution in [0, 0.1) is 13.8 Å². The molecule has 1 atom stereocenters. The second kappa shape index (κ2) is 9.86. The van der Waals surface area contributed by atoms with E-state index in [1.165, 1.54) is 11.8 Å². The molecule has 2 aromatic carbocycles. The number of rotatable bonds is 6. The van der Waals surface area contributed by atoms with Crippen molar-refractivity contribution in [3.8, 4) is 0 Å². The van der Waals surface area contributed by atoms with E-state index < -0.39 is 6.04 Å². The topological polar surface area (TPSA) is 84.0 Å². The molecule has 3 rings (SSSR count). The lowest BCUT2D eigenvalue weighted by Crippen LogP contribution is -2.41. The predicted molar refractivity (Wildman–Crippen MR) is 122 cm³/mol. The van der Waals surface area contributed by atoms with Gasteiger partial charge in [0.15, 0.2) is 5.16 Å². The zero-order chi connectivity index (χ0) is 21.7. The van der Waals surface area contributed by atoms with E-state index in [1.54, 1.807) is 31.2 Å². The van der Waals surface area contributed by atoms with Crippen LogP contribution in [0.25, 0.3) is 0 Å². The third-order valence-corrected chi connectivity index (χ3v) is 5.54. The third kappa shape index (κ3) is 6.14. The molecular formula is C22H21BrN4O2S. The first-order valence-corrected chi connectivity index (χ1v) is 10.9. The van der Waals surface area contributed by atoms with Gasteiger partial charge in [0.05, 0.1) is 0 Å². The maximum atomic E-state index is 12.4. The number of nitrogens with zero attached hydrogens (tertiary/aromatic N) is 2. The number of aromatic nitrogens is 2. The highest BCUT2D eigenvalue weighted by molar-refractivity contribution is 9.10. The van der Waals surface area contributed by atoms with Crippen molar-refractivity contribution in [2.24, 2.45) is 0 Å². The molecule has 3 aromatic rings. The largest absolute Gasteiger partial charge is 0.341 e.